The van der Waals surface area contributed by atoms with Crippen LogP contribution in [0.3, 0.4) is 0 Å². The van der Waals surface area contributed by atoms with Crippen LogP contribution in [0.2, 0.25) is 0 Å². The molecule has 0 radical (unpaired) electrons. The lowest BCUT2D eigenvalue weighted by Crippen LogP contribution is -2.37. The average molecular weight is 278 g/mol. The molecule has 20 heavy (non-hydrogen) atoms. The second-order valence-corrected chi connectivity index (χ2v) is 5.97. The lowest BCUT2D eigenvalue weighted by molar-refractivity contribution is 0.118. The van der Waals surface area contributed by atoms with Crippen LogP contribution in [0.25, 0.3) is 0 Å². The number of rotatable bonds is 5. The molecule has 110 valence electrons. The summed E-state index contributed by atoms with van der Waals surface area (Å²) in [5.41, 5.74) is 2.15. The van der Waals surface area contributed by atoms with Gasteiger partial charge in [0.2, 0.25) is 0 Å². The van der Waals surface area contributed by atoms with Gasteiger partial charge in [-0.15, -0.1) is 0 Å². The van der Waals surface area contributed by atoms with E-state index >= 15 is 0 Å². The van der Waals surface area contributed by atoms with Crippen LogP contribution >= 0.6 is 0 Å². The Kier molecular flexibility index (Phi) is 3.94. The van der Waals surface area contributed by atoms with Crippen LogP contribution in [0, 0.1) is 5.82 Å². The highest BCUT2D eigenvalue weighted by Gasteiger charge is 2.29. The van der Waals surface area contributed by atoms with Gasteiger partial charge in [-0.1, -0.05) is 0 Å². The zero-order chi connectivity index (χ0) is 14.1. The minimum Gasteiger partial charge on any atom is -0.376 e. The Hall–Kier alpha value is -1.13. The SMILES string of the molecule is CC1OCCC1N(C)c1ccc(F)cc1CNC1CC1. The van der Waals surface area contributed by atoms with Crippen molar-refractivity contribution in [3.8, 4) is 0 Å². The summed E-state index contributed by atoms with van der Waals surface area (Å²) in [5, 5.41) is 3.47. The summed E-state index contributed by atoms with van der Waals surface area (Å²) >= 11 is 0. The molecule has 2 atom stereocenters. The molecular formula is C16H23FN2O. The van der Waals surface area contributed by atoms with E-state index in [4.69, 9.17) is 4.74 Å². The van der Waals surface area contributed by atoms with Gasteiger partial charge in [-0.2, -0.15) is 0 Å². The smallest absolute Gasteiger partial charge is 0.123 e. The molecule has 3 nitrogen and oxygen atoms in total. The highest BCUT2D eigenvalue weighted by Crippen LogP contribution is 2.28. The minimum absolute atomic E-state index is 0.162. The summed E-state index contributed by atoms with van der Waals surface area (Å²) in [6.45, 7) is 3.66. The summed E-state index contributed by atoms with van der Waals surface area (Å²) in [6.07, 6.45) is 3.75. The lowest BCUT2D eigenvalue weighted by Gasteiger charge is -2.30. The van der Waals surface area contributed by atoms with E-state index in [1.165, 1.54) is 12.8 Å². The van der Waals surface area contributed by atoms with E-state index in [1.807, 2.05) is 6.07 Å². The van der Waals surface area contributed by atoms with E-state index < -0.39 is 0 Å². The number of nitrogens with zero attached hydrogens (tertiary/aromatic N) is 1. The van der Waals surface area contributed by atoms with Crippen LogP contribution < -0.4 is 10.2 Å². The predicted molar refractivity (Wildman–Crippen MR) is 78.5 cm³/mol. The number of anilines is 1. The van der Waals surface area contributed by atoms with Crippen molar-refractivity contribution in [2.45, 2.75) is 50.9 Å². The first-order chi connectivity index (χ1) is 9.65. The summed E-state index contributed by atoms with van der Waals surface area (Å²) < 4.78 is 19.2. The molecule has 0 spiro atoms. The van der Waals surface area contributed by atoms with Gasteiger partial charge in [0.05, 0.1) is 12.1 Å². The fourth-order valence-corrected chi connectivity index (χ4v) is 2.99. The van der Waals surface area contributed by atoms with Gasteiger partial charge in [0.1, 0.15) is 5.82 Å². The van der Waals surface area contributed by atoms with Crippen molar-refractivity contribution in [1.82, 2.24) is 5.32 Å². The molecule has 3 rings (SSSR count). The van der Waals surface area contributed by atoms with Crippen LogP contribution in [-0.2, 0) is 11.3 Å². The Labute approximate surface area is 120 Å². The van der Waals surface area contributed by atoms with E-state index in [9.17, 15) is 4.39 Å². The van der Waals surface area contributed by atoms with Crippen molar-refractivity contribution < 1.29 is 9.13 Å². The first kappa shape index (κ1) is 13.8. The first-order valence-electron chi connectivity index (χ1n) is 7.51. The van der Waals surface area contributed by atoms with E-state index in [0.717, 1.165) is 30.8 Å². The maximum Gasteiger partial charge on any atom is 0.123 e. The molecule has 1 saturated carbocycles. The number of ether oxygens (including phenoxy) is 1. The Bertz CT molecular complexity index is 476. The standard InChI is InChI=1S/C16H23FN2O/c1-11-15(7-8-20-11)19(2)16-6-3-13(17)9-12(16)10-18-14-4-5-14/h3,6,9,11,14-15,18H,4-5,7-8,10H2,1-2H3. The van der Waals surface area contributed by atoms with Crippen molar-refractivity contribution in [3.63, 3.8) is 0 Å². The molecule has 1 saturated heterocycles. The van der Waals surface area contributed by atoms with E-state index in [1.54, 1.807) is 12.1 Å². The van der Waals surface area contributed by atoms with Crippen molar-refractivity contribution in [2.24, 2.45) is 0 Å². The van der Waals surface area contributed by atoms with Gasteiger partial charge in [0, 0.05) is 31.9 Å². The third kappa shape index (κ3) is 2.96. The molecule has 1 heterocycles. The normalized spacial score (nSPS) is 25.9. The van der Waals surface area contributed by atoms with Crippen molar-refractivity contribution in [3.05, 3.63) is 29.6 Å². The summed E-state index contributed by atoms with van der Waals surface area (Å²) in [5.74, 6) is -0.162. The molecule has 1 aliphatic carbocycles. The zero-order valence-corrected chi connectivity index (χ0v) is 12.2. The zero-order valence-electron chi connectivity index (χ0n) is 12.2. The minimum atomic E-state index is -0.162. The van der Waals surface area contributed by atoms with Crippen molar-refractivity contribution in [1.29, 1.82) is 0 Å². The van der Waals surface area contributed by atoms with Gasteiger partial charge in [-0.25, -0.2) is 4.39 Å². The van der Waals surface area contributed by atoms with Crippen molar-refractivity contribution >= 4 is 5.69 Å². The molecule has 4 heteroatoms. The first-order valence-corrected chi connectivity index (χ1v) is 7.51. The lowest BCUT2D eigenvalue weighted by atomic mass is 10.1. The monoisotopic (exact) mass is 278 g/mol. The number of nitrogens with one attached hydrogen (secondary N) is 1. The number of benzene rings is 1. The van der Waals surface area contributed by atoms with Crippen LogP contribution in [0.4, 0.5) is 10.1 Å². The molecule has 1 aromatic rings. The molecule has 1 aliphatic heterocycles. The van der Waals surface area contributed by atoms with E-state index in [0.29, 0.717) is 12.1 Å². The largest absolute Gasteiger partial charge is 0.376 e. The fraction of sp³-hybridized carbons (Fsp3) is 0.625. The highest BCUT2D eigenvalue weighted by molar-refractivity contribution is 5.54. The third-order valence-electron chi connectivity index (χ3n) is 4.41. The van der Waals surface area contributed by atoms with Gasteiger partial charge in [0.15, 0.2) is 0 Å². The topological polar surface area (TPSA) is 24.5 Å². The highest BCUT2D eigenvalue weighted by atomic mass is 19.1. The van der Waals surface area contributed by atoms with Crippen LogP contribution in [-0.4, -0.2) is 31.8 Å². The Morgan fingerprint density at radius 1 is 1.35 bits per heavy atom. The second-order valence-electron chi connectivity index (χ2n) is 5.97. The van der Waals surface area contributed by atoms with Gasteiger partial charge >= 0.3 is 0 Å². The molecule has 2 unspecified atom stereocenters. The second kappa shape index (κ2) is 5.70. The van der Waals surface area contributed by atoms with Gasteiger partial charge < -0.3 is 15.0 Å². The van der Waals surface area contributed by atoms with Crippen LogP contribution in [0.5, 0.6) is 0 Å². The Balaban J connectivity index is 1.78. The summed E-state index contributed by atoms with van der Waals surface area (Å²) in [7, 11) is 2.09. The molecule has 0 aromatic heterocycles. The Morgan fingerprint density at radius 3 is 2.80 bits per heavy atom. The number of hydrogen-bond donors (Lipinski definition) is 1. The molecular weight excluding hydrogens is 255 g/mol. The molecule has 1 aromatic carbocycles. The van der Waals surface area contributed by atoms with E-state index in [2.05, 4.69) is 24.2 Å². The van der Waals surface area contributed by atoms with Crippen molar-refractivity contribution in [2.75, 3.05) is 18.6 Å². The number of halogens is 1. The molecule has 2 aliphatic rings. The van der Waals surface area contributed by atoms with Gasteiger partial charge in [0.25, 0.3) is 0 Å². The predicted octanol–water partition coefficient (Wildman–Crippen LogP) is 2.69. The summed E-state index contributed by atoms with van der Waals surface area (Å²) in [4.78, 5) is 2.25. The maximum atomic E-state index is 13.5. The number of hydrogen-bond acceptors (Lipinski definition) is 3. The van der Waals surface area contributed by atoms with Gasteiger partial charge in [-0.05, 0) is 49.9 Å². The quantitative estimate of drug-likeness (QED) is 0.896. The molecule has 1 N–H and O–H groups in total. The molecule has 2 fully saturated rings. The van der Waals surface area contributed by atoms with Crippen LogP contribution in [0.1, 0.15) is 31.7 Å². The molecule has 0 amide bonds. The fourth-order valence-electron chi connectivity index (χ4n) is 2.99. The average Bonchev–Trinajstić information content (AvgIpc) is 3.16. The van der Waals surface area contributed by atoms with E-state index in [-0.39, 0.29) is 11.9 Å². The van der Waals surface area contributed by atoms with Crippen LogP contribution in [0.15, 0.2) is 18.2 Å². The summed E-state index contributed by atoms with van der Waals surface area (Å²) in [6, 6.07) is 6.10. The molecule has 0 bridgehead atoms. The number of likely N-dealkylation sites (N-methyl/N-ethyl adjacent to an activating group) is 1. The van der Waals surface area contributed by atoms with Gasteiger partial charge in [-0.3, -0.25) is 0 Å². The maximum absolute atomic E-state index is 13.5. The Morgan fingerprint density at radius 2 is 2.15 bits per heavy atom. The third-order valence-corrected chi connectivity index (χ3v) is 4.41.